The number of carbonyl (C=O) groups excluding carboxylic acids is 1. The molecule has 0 saturated carbocycles. The van der Waals surface area contributed by atoms with Gasteiger partial charge >= 0.3 is 0 Å². The highest BCUT2D eigenvalue weighted by Gasteiger charge is 2.06. The minimum Gasteiger partial charge on any atom is -0.294 e. The van der Waals surface area contributed by atoms with Crippen LogP contribution in [0.3, 0.4) is 0 Å². The number of benzene rings is 2. The molecule has 0 spiro atoms. The van der Waals surface area contributed by atoms with Crippen LogP contribution in [0.1, 0.15) is 99.0 Å². The summed E-state index contributed by atoms with van der Waals surface area (Å²) >= 11 is 5.93. The molecule has 2 aromatic carbocycles. The molecule has 0 amide bonds. The lowest BCUT2D eigenvalue weighted by atomic mass is 9.99. The standard InChI is InChI=1S/C26H35ClO/c1-2-3-4-5-6-7-8-9-10-11-12-26(28)24-17-13-22(14-18-24)21-23-15-19-25(27)20-16-23/h13-20H,2-12,21H2,1H3. The van der Waals surface area contributed by atoms with Crippen molar-refractivity contribution in [3.8, 4) is 0 Å². The van der Waals surface area contributed by atoms with Crippen molar-refractivity contribution in [2.45, 2.75) is 84.0 Å². The van der Waals surface area contributed by atoms with Gasteiger partial charge in [0.15, 0.2) is 5.78 Å². The Morgan fingerprint density at radius 2 is 1.14 bits per heavy atom. The summed E-state index contributed by atoms with van der Waals surface area (Å²) in [4.78, 5) is 12.4. The highest BCUT2D eigenvalue weighted by molar-refractivity contribution is 6.30. The third-order valence-electron chi connectivity index (χ3n) is 5.35. The van der Waals surface area contributed by atoms with E-state index >= 15 is 0 Å². The van der Waals surface area contributed by atoms with Crippen LogP contribution in [0, 0.1) is 0 Å². The van der Waals surface area contributed by atoms with Crippen LogP contribution in [-0.2, 0) is 6.42 Å². The van der Waals surface area contributed by atoms with Crippen LogP contribution in [0.5, 0.6) is 0 Å². The molecule has 0 heterocycles. The van der Waals surface area contributed by atoms with Crippen molar-refractivity contribution in [2.24, 2.45) is 0 Å². The number of halogens is 1. The van der Waals surface area contributed by atoms with E-state index in [1.165, 1.54) is 68.9 Å². The van der Waals surface area contributed by atoms with Gasteiger partial charge in [0.05, 0.1) is 0 Å². The molecule has 0 atom stereocenters. The van der Waals surface area contributed by atoms with E-state index in [0.29, 0.717) is 6.42 Å². The Balaban J connectivity index is 1.60. The molecule has 1 nitrogen and oxygen atoms in total. The summed E-state index contributed by atoms with van der Waals surface area (Å²) in [5.74, 6) is 0.276. The normalized spacial score (nSPS) is 10.9. The average Bonchev–Trinajstić information content (AvgIpc) is 2.71. The smallest absolute Gasteiger partial charge is 0.162 e. The number of hydrogen-bond acceptors (Lipinski definition) is 1. The summed E-state index contributed by atoms with van der Waals surface area (Å²) in [5, 5.41) is 0.761. The summed E-state index contributed by atoms with van der Waals surface area (Å²) in [7, 11) is 0. The second kappa shape index (κ2) is 13.6. The molecule has 28 heavy (non-hydrogen) atoms. The third-order valence-corrected chi connectivity index (χ3v) is 5.61. The fraction of sp³-hybridized carbons (Fsp3) is 0.500. The lowest BCUT2D eigenvalue weighted by Crippen LogP contribution is -1.99. The maximum absolute atomic E-state index is 12.4. The molecule has 0 N–H and O–H groups in total. The zero-order valence-electron chi connectivity index (χ0n) is 17.4. The molecule has 0 saturated heterocycles. The highest BCUT2D eigenvalue weighted by Crippen LogP contribution is 2.16. The number of rotatable bonds is 14. The molecule has 0 aliphatic carbocycles. The van der Waals surface area contributed by atoms with Crippen molar-refractivity contribution < 1.29 is 4.79 Å². The Bertz CT molecular complexity index is 673. The molecular weight excluding hydrogens is 364 g/mol. The minimum absolute atomic E-state index is 0.276. The minimum atomic E-state index is 0.276. The van der Waals surface area contributed by atoms with Crippen LogP contribution in [0.4, 0.5) is 0 Å². The van der Waals surface area contributed by atoms with Crippen LogP contribution in [0.25, 0.3) is 0 Å². The van der Waals surface area contributed by atoms with Crippen molar-refractivity contribution >= 4 is 17.4 Å². The second-order valence-electron chi connectivity index (χ2n) is 7.86. The lowest BCUT2D eigenvalue weighted by Gasteiger charge is -2.05. The molecule has 2 aromatic rings. The van der Waals surface area contributed by atoms with E-state index in [0.717, 1.165) is 23.4 Å². The maximum atomic E-state index is 12.4. The zero-order chi connectivity index (χ0) is 20.0. The van der Waals surface area contributed by atoms with Gasteiger partial charge in [-0.25, -0.2) is 0 Å². The molecule has 0 fully saturated rings. The molecule has 2 heteroatoms. The van der Waals surface area contributed by atoms with Crippen LogP contribution in [-0.4, -0.2) is 5.78 Å². The van der Waals surface area contributed by atoms with Gasteiger partial charge in [-0.2, -0.15) is 0 Å². The van der Waals surface area contributed by atoms with E-state index in [2.05, 4.69) is 19.1 Å². The largest absolute Gasteiger partial charge is 0.294 e. The Morgan fingerprint density at radius 3 is 1.68 bits per heavy atom. The van der Waals surface area contributed by atoms with Gasteiger partial charge in [-0.3, -0.25) is 4.79 Å². The van der Waals surface area contributed by atoms with E-state index in [1.54, 1.807) is 0 Å². The topological polar surface area (TPSA) is 17.1 Å². The monoisotopic (exact) mass is 398 g/mol. The van der Waals surface area contributed by atoms with Crippen LogP contribution in [0.15, 0.2) is 48.5 Å². The van der Waals surface area contributed by atoms with E-state index in [1.807, 2.05) is 36.4 Å². The number of Topliss-reactive ketones (excluding diaryl/α,β-unsaturated/α-hetero) is 1. The first-order valence-corrected chi connectivity index (χ1v) is 11.4. The van der Waals surface area contributed by atoms with E-state index < -0.39 is 0 Å². The van der Waals surface area contributed by atoms with Crippen LogP contribution >= 0.6 is 11.6 Å². The van der Waals surface area contributed by atoms with E-state index in [-0.39, 0.29) is 5.78 Å². The molecule has 0 bridgehead atoms. The van der Waals surface area contributed by atoms with Crippen molar-refractivity contribution in [2.75, 3.05) is 0 Å². The predicted octanol–water partition coefficient (Wildman–Crippen LogP) is 8.42. The van der Waals surface area contributed by atoms with Gasteiger partial charge in [0.25, 0.3) is 0 Å². The van der Waals surface area contributed by atoms with Gasteiger partial charge in [0.1, 0.15) is 0 Å². The van der Waals surface area contributed by atoms with Gasteiger partial charge in [0, 0.05) is 17.0 Å². The summed E-state index contributed by atoms with van der Waals surface area (Å²) in [5.41, 5.74) is 3.29. The molecule has 0 aromatic heterocycles. The fourth-order valence-electron chi connectivity index (χ4n) is 3.56. The Hall–Kier alpha value is -1.60. The first kappa shape index (κ1) is 22.7. The highest BCUT2D eigenvalue weighted by atomic mass is 35.5. The van der Waals surface area contributed by atoms with Gasteiger partial charge in [-0.1, -0.05) is 113 Å². The SMILES string of the molecule is CCCCCCCCCCCCC(=O)c1ccc(Cc2ccc(Cl)cc2)cc1. The Morgan fingerprint density at radius 1 is 0.679 bits per heavy atom. The number of carbonyl (C=O) groups is 1. The number of hydrogen-bond donors (Lipinski definition) is 0. The summed E-state index contributed by atoms with van der Waals surface area (Å²) in [6.45, 7) is 2.26. The average molecular weight is 399 g/mol. The Kier molecular flexibility index (Phi) is 11.0. The predicted molar refractivity (Wildman–Crippen MR) is 121 cm³/mol. The van der Waals surface area contributed by atoms with Gasteiger partial charge < -0.3 is 0 Å². The first-order valence-electron chi connectivity index (χ1n) is 11.1. The molecule has 0 radical (unpaired) electrons. The van der Waals surface area contributed by atoms with E-state index in [4.69, 9.17) is 11.6 Å². The molecule has 0 aliphatic rings. The van der Waals surface area contributed by atoms with Crippen molar-refractivity contribution in [3.05, 3.63) is 70.2 Å². The Labute approximate surface area is 176 Å². The zero-order valence-corrected chi connectivity index (χ0v) is 18.1. The second-order valence-corrected chi connectivity index (χ2v) is 8.29. The number of unbranched alkanes of at least 4 members (excludes halogenated alkanes) is 9. The lowest BCUT2D eigenvalue weighted by molar-refractivity contribution is 0.0979. The molecule has 152 valence electrons. The van der Waals surface area contributed by atoms with Crippen molar-refractivity contribution in [1.29, 1.82) is 0 Å². The fourth-order valence-corrected chi connectivity index (χ4v) is 3.69. The maximum Gasteiger partial charge on any atom is 0.162 e. The molecule has 0 unspecified atom stereocenters. The van der Waals surface area contributed by atoms with Crippen molar-refractivity contribution in [3.63, 3.8) is 0 Å². The van der Waals surface area contributed by atoms with Gasteiger partial charge in [-0.05, 0) is 36.1 Å². The van der Waals surface area contributed by atoms with Gasteiger partial charge in [0.2, 0.25) is 0 Å². The van der Waals surface area contributed by atoms with Crippen LogP contribution in [0.2, 0.25) is 5.02 Å². The molecule has 2 rings (SSSR count). The number of ketones is 1. The first-order chi connectivity index (χ1) is 13.7. The molecular formula is C26H35ClO. The van der Waals surface area contributed by atoms with Crippen molar-refractivity contribution in [1.82, 2.24) is 0 Å². The van der Waals surface area contributed by atoms with Gasteiger partial charge in [-0.15, -0.1) is 0 Å². The molecule has 0 aliphatic heterocycles. The van der Waals surface area contributed by atoms with E-state index in [9.17, 15) is 4.79 Å². The summed E-state index contributed by atoms with van der Waals surface area (Å²) in [6, 6.07) is 16.0. The van der Waals surface area contributed by atoms with Crippen LogP contribution < -0.4 is 0 Å². The third kappa shape index (κ3) is 9.06. The quantitative estimate of drug-likeness (QED) is 0.230. The summed E-state index contributed by atoms with van der Waals surface area (Å²) in [6.07, 6.45) is 14.5. The summed E-state index contributed by atoms with van der Waals surface area (Å²) < 4.78 is 0.